The fourth-order valence-electron chi connectivity index (χ4n) is 13.1. The Bertz CT molecular complexity index is 3010. The molecule has 1 spiro atoms. The van der Waals surface area contributed by atoms with Crippen molar-refractivity contribution in [1.82, 2.24) is 9.97 Å². The van der Waals surface area contributed by atoms with Crippen LogP contribution >= 0.6 is 0 Å². The van der Waals surface area contributed by atoms with Crippen molar-refractivity contribution in [1.29, 1.82) is 0 Å². The lowest BCUT2D eigenvalue weighted by Gasteiger charge is -2.42. The van der Waals surface area contributed by atoms with Crippen molar-refractivity contribution < 1.29 is 45.0 Å². The van der Waals surface area contributed by atoms with Crippen LogP contribution in [0.25, 0.3) is 17.5 Å². The van der Waals surface area contributed by atoms with E-state index in [9.17, 15) is 35.4 Å². The third-order valence-electron chi connectivity index (χ3n) is 16.9. The Hall–Kier alpha value is -6.36. The molecular formula is C60H63N3O9-2. The lowest BCUT2D eigenvalue weighted by Crippen LogP contribution is -2.41. The van der Waals surface area contributed by atoms with Gasteiger partial charge in [0.25, 0.3) is 0 Å². The zero-order valence-corrected chi connectivity index (χ0v) is 40.5. The molecule has 5 bridgehead atoms. The number of carbonyl (C=O) groups excluding carboxylic acids is 2. The molecule has 5 aromatic rings. The van der Waals surface area contributed by atoms with Gasteiger partial charge in [-0.3, -0.25) is 9.59 Å². The molecule has 12 heteroatoms. The molecule has 2 aliphatic heterocycles. The number of aromatic amines is 1. The van der Waals surface area contributed by atoms with Gasteiger partial charge < -0.3 is 50.7 Å². The molecule has 7 atom stereocenters. The number of aromatic hydroxyl groups is 2. The zero-order valence-electron chi connectivity index (χ0n) is 40.5. The van der Waals surface area contributed by atoms with E-state index in [-0.39, 0.29) is 73.2 Å². The molecule has 4 heterocycles. The third kappa shape index (κ3) is 8.89. The number of phenolic OH excluding ortho intramolecular Hbond substituents is 2. The van der Waals surface area contributed by atoms with Crippen LogP contribution in [0.2, 0.25) is 0 Å². The first-order valence-corrected chi connectivity index (χ1v) is 26.0. The minimum Gasteiger partial charge on any atom is -0.664 e. The number of Topliss-reactive ketones (excluding diaryl/α,β-unsaturated/α-hetero) is 2. The molecule has 2 fully saturated rings. The number of fused-ring (bicyclic) bond motifs is 9. The number of aliphatic hydroxyl groups excluding tert-OH is 3. The second kappa shape index (κ2) is 19.6. The van der Waals surface area contributed by atoms with E-state index in [4.69, 9.17) is 15.0 Å². The Morgan fingerprint density at radius 3 is 2.53 bits per heavy atom. The highest BCUT2D eigenvalue weighted by Crippen LogP contribution is 2.51. The fraction of sp³-hybridized carbons (Fsp3) is 0.433. The summed E-state index contributed by atoms with van der Waals surface area (Å²) in [4.78, 5) is 39.0. The van der Waals surface area contributed by atoms with Gasteiger partial charge in [0.05, 0.1) is 23.7 Å². The molecule has 0 amide bonds. The quantitative estimate of drug-likeness (QED) is 0.0635. The predicted octanol–water partition coefficient (Wildman–Crippen LogP) is 8.99. The summed E-state index contributed by atoms with van der Waals surface area (Å²) >= 11 is 0. The molecule has 2 aromatic heterocycles. The summed E-state index contributed by atoms with van der Waals surface area (Å²) in [7, 11) is 0. The summed E-state index contributed by atoms with van der Waals surface area (Å²) in [5, 5.41) is 76.5. The van der Waals surface area contributed by atoms with Gasteiger partial charge in [0, 0.05) is 48.0 Å². The normalized spacial score (nSPS) is 27.0. The first-order valence-electron chi connectivity index (χ1n) is 26.0. The van der Waals surface area contributed by atoms with Crippen molar-refractivity contribution in [2.45, 2.75) is 144 Å². The van der Waals surface area contributed by atoms with Crippen LogP contribution in [0.4, 0.5) is 5.82 Å². The van der Waals surface area contributed by atoms with Crippen LogP contribution in [0.3, 0.4) is 0 Å². The van der Waals surface area contributed by atoms with Gasteiger partial charge >= 0.3 is 0 Å². The van der Waals surface area contributed by atoms with Crippen LogP contribution in [-0.2, 0) is 34.3 Å². The SMILES string of the molecule is O=C1CCc2cc(OC3CCCC3)c(O)c(c2)[C@H](O)c2ccc3c(c2)Cc2cc[nH]c2[N-][C@H](C#CC[C@@H](O)C32CCCC2)C2=Cc3[n-]ccc3[C@@H](C[C@@]3(O)C=Cc4c(O)cccc4CC3)[C@@H]2C(=O)[C@@H]1CCO. The molecule has 0 unspecified atom stereocenters. The number of nitrogens with one attached hydrogen (secondary N) is 1. The van der Waals surface area contributed by atoms with E-state index in [0.717, 1.165) is 79.2 Å². The standard InChI is InChI=1S/C60H63N3O9/c64-28-21-43-51(66)16-13-35-29-45(56(69)52(30-35)72-40-8-1-2-9-40)55(68)37-14-15-47-39(31-37)32-38-19-26-62-58(38)63-48(10-6-12-53(67)60(47)22-3-4-23-60)44-33-49-42(20-27-61-49)46(54(44)57(43)70)34-59(71)24-17-36-7-5-11-50(65)41(36)18-25-59/h5,7,11,14-15,18-20,25-27,29-31,33,40,43,46,48,53-55,62,64-65,67-69,71H,1-4,8-9,12-13,16-17,21-24,28,32,34H2/q-2/t43-,46-,48-,53-,54-,55-,59+/m1/s1. The average molecular weight is 970 g/mol. The van der Waals surface area contributed by atoms with Gasteiger partial charge in [-0.1, -0.05) is 97.0 Å². The number of H-pyrrole nitrogens is 1. The van der Waals surface area contributed by atoms with Crippen molar-refractivity contribution in [2.75, 3.05) is 6.61 Å². The van der Waals surface area contributed by atoms with E-state index in [1.54, 1.807) is 42.6 Å². The Balaban J connectivity index is 1.09. The number of aliphatic hydroxyl groups is 4. The molecule has 374 valence electrons. The molecule has 2 saturated carbocycles. The first-order chi connectivity index (χ1) is 34.9. The Kier molecular flexibility index (Phi) is 13.0. The number of rotatable bonds is 6. The summed E-state index contributed by atoms with van der Waals surface area (Å²) in [6, 6.07) is 17.5. The number of benzene rings is 3. The third-order valence-corrected chi connectivity index (χ3v) is 16.9. The van der Waals surface area contributed by atoms with Crippen LogP contribution in [0.1, 0.15) is 151 Å². The highest BCUT2D eigenvalue weighted by molar-refractivity contribution is 6.05. The lowest BCUT2D eigenvalue weighted by molar-refractivity contribution is -0.135. The highest BCUT2D eigenvalue weighted by atomic mass is 16.5. The Morgan fingerprint density at radius 2 is 1.71 bits per heavy atom. The van der Waals surface area contributed by atoms with Crippen molar-refractivity contribution in [3.8, 4) is 29.1 Å². The van der Waals surface area contributed by atoms with Crippen molar-refractivity contribution in [3.63, 3.8) is 0 Å². The van der Waals surface area contributed by atoms with Crippen LogP contribution in [0.5, 0.6) is 17.2 Å². The van der Waals surface area contributed by atoms with E-state index in [1.807, 2.05) is 48.7 Å². The molecule has 11 rings (SSSR count). The van der Waals surface area contributed by atoms with Gasteiger partial charge in [-0.05, 0) is 140 Å². The number of aromatic nitrogens is 2. The largest absolute Gasteiger partial charge is 0.664 e. The maximum absolute atomic E-state index is 16.0. The average Bonchev–Trinajstić information content (AvgIpc) is 4.23. The summed E-state index contributed by atoms with van der Waals surface area (Å²) in [6.07, 6.45) is 14.7. The molecule has 3 aromatic carbocycles. The summed E-state index contributed by atoms with van der Waals surface area (Å²) in [5.41, 5.74) is 5.36. The number of hydrogen-bond acceptors (Lipinski definition) is 9. The van der Waals surface area contributed by atoms with Crippen LogP contribution in [-0.4, -0.2) is 77.6 Å². The van der Waals surface area contributed by atoms with Crippen LogP contribution in [0, 0.1) is 23.7 Å². The number of nitrogens with zero attached hydrogens (tertiary/aromatic N) is 2. The topological polar surface area (TPSA) is 209 Å². The maximum Gasteiger partial charge on any atom is 0.163 e. The van der Waals surface area contributed by atoms with Gasteiger partial charge in [0.15, 0.2) is 17.3 Å². The van der Waals surface area contributed by atoms with Gasteiger partial charge in [-0.2, -0.15) is 6.20 Å². The second-order valence-corrected chi connectivity index (χ2v) is 21.3. The van der Waals surface area contributed by atoms with E-state index < -0.39 is 59.4 Å². The Morgan fingerprint density at radius 1 is 0.875 bits per heavy atom. The van der Waals surface area contributed by atoms with Gasteiger partial charge in [0.1, 0.15) is 17.6 Å². The number of aryl methyl sites for hydroxylation is 2. The molecular weight excluding hydrogens is 907 g/mol. The number of hydrogen-bond donors (Lipinski definition) is 7. The molecule has 72 heavy (non-hydrogen) atoms. The smallest absolute Gasteiger partial charge is 0.163 e. The second-order valence-electron chi connectivity index (χ2n) is 21.3. The van der Waals surface area contributed by atoms with E-state index in [2.05, 4.69) is 16.8 Å². The summed E-state index contributed by atoms with van der Waals surface area (Å²) < 4.78 is 6.46. The van der Waals surface area contributed by atoms with Crippen molar-refractivity contribution in [2.24, 2.45) is 11.8 Å². The van der Waals surface area contributed by atoms with Gasteiger partial charge in [-0.25, -0.2) is 0 Å². The molecule has 4 aliphatic carbocycles. The van der Waals surface area contributed by atoms with E-state index in [0.29, 0.717) is 46.6 Å². The summed E-state index contributed by atoms with van der Waals surface area (Å²) in [5.74, 6) is 3.59. The van der Waals surface area contributed by atoms with Gasteiger partial charge in [-0.15, -0.1) is 11.6 Å². The number of ketones is 2. The number of carbonyl (C=O) groups is 2. The number of ether oxygens (including phenoxy) is 1. The minimum atomic E-state index is -1.47. The molecule has 7 N–H and O–H groups in total. The highest BCUT2D eigenvalue weighted by Gasteiger charge is 2.46. The molecule has 12 nitrogen and oxygen atoms in total. The monoisotopic (exact) mass is 969 g/mol. The summed E-state index contributed by atoms with van der Waals surface area (Å²) in [6.45, 7) is -0.440. The molecule has 6 aliphatic rings. The van der Waals surface area contributed by atoms with E-state index >= 15 is 4.79 Å². The Labute approximate surface area is 420 Å². The number of phenols is 2. The van der Waals surface area contributed by atoms with Crippen LogP contribution in [0.15, 0.2) is 84.7 Å². The molecule has 0 saturated heterocycles. The lowest BCUT2D eigenvalue weighted by atomic mass is 9.65. The van der Waals surface area contributed by atoms with E-state index in [1.165, 1.54) is 0 Å². The predicted molar refractivity (Wildman–Crippen MR) is 273 cm³/mol. The fourth-order valence-corrected chi connectivity index (χ4v) is 13.1. The zero-order chi connectivity index (χ0) is 49.7. The van der Waals surface area contributed by atoms with Crippen molar-refractivity contribution >= 4 is 29.5 Å². The minimum absolute atomic E-state index is 0.0569. The van der Waals surface area contributed by atoms with Crippen LogP contribution < -0.4 is 9.72 Å². The van der Waals surface area contributed by atoms with Gasteiger partial charge in [0.2, 0.25) is 0 Å². The first kappa shape index (κ1) is 47.9. The van der Waals surface area contributed by atoms with Crippen molar-refractivity contribution in [3.05, 3.63) is 146 Å². The molecule has 0 radical (unpaired) electrons. The maximum atomic E-state index is 16.0.